The van der Waals surface area contributed by atoms with Crippen LogP contribution in [0.15, 0.2) is 23.0 Å². The maximum Gasteiger partial charge on any atom is 0.251 e. The van der Waals surface area contributed by atoms with Crippen molar-refractivity contribution in [3.05, 3.63) is 34.2 Å². The van der Waals surface area contributed by atoms with Crippen molar-refractivity contribution < 1.29 is 14.6 Å². The normalized spacial score (nSPS) is 25.7. The molecule has 0 aromatic carbocycles. The van der Waals surface area contributed by atoms with Crippen LogP contribution in [0.2, 0.25) is 0 Å². The van der Waals surface area contributed by atoms with Crippen molar-refractivity contribution >= 4 is 5.91 Å². The third kappa shape index (κ3) is 3.31. The fourth-order valence-electron chi connectivity index (χ4n) is 3.65. The molecule has 0 spiro atoms. The van der Waals surface area contributed by atoms with E-state index in [-0.39, 0.29) is 30.6 Å². The molecule has 1 saturated heterocycles. The topological polar surface area (TPSA) is 92.6 Å². The molecule has 0 radical (unpaired) electrons. The van der Waals surface area contributed by atoms with E-state index < -0.39 is 6.04 Å². The molecule has 0 unspecified atom stereocenters. The summed E-state index contributed by atoms with van der Waals surface area (Å²) in [5.41, 5.74) is 0.827. The maximum atomic E-state index is 12.6. The first-order chi connectivity index (χ1) is 11.2. The number of carbonyl (C=O) groups excluding carboxylic acids is 1. The van der Waals surface area contributed by atoms with Crippen molar-refractivity contribution in [3.63, 3.8) is 0 Å². The van der Waals surface area contributed by atoms with Gasteiger partial charge in [0.25, 0.3) is 5.56 Å². The number of nitrogens with one attached hydrogen (secondary N) is 2. The van der Waals surface area contributed by atoms with Crippen LogP contribution in [0.25, 0.3) is 0 Å². The quantitative estimate of drug-likeness (QED) is 0.598. The summed E-state index contributed by atoms with van der Waals surface area (Å²) in [5, 5.41) is 14.9. The van der Waals surface area contributed by atoms with Crippen LogP contribution in [0.3, 0.4) is 0 Å². The van der Waals surface area contributed by atoms with E-state index in [1.54, 1.807) is 10.6 Å². The number of amides is 1. The highest BCUT2D eigenvalue weighted by molar-refractivity contribution is 5.81. The lowest BCUT2D eigenvalue weighted by Gasteiger charge is -2.42. The van der Waals surface area contributed by atoms with Crippen molar-refractivity contribution in [1.82, 2.24) is 15.2 Å². The summed E-state index contributed by atoms with van der Waals surface area (Å²) < 4.78 is 6.82. The molecule has 3 atom stereocenters. The van der Waals surface area contributed by atoms with Gasteiger partial charge in [-0.15, -0.1) is 0 Å². The number of hydrogen-bond donors (Lipinski definition) is 3. The van der Waals surface area contributed by atoms with E-state index in [2.05, 4.69) is 10.6 Å². The number of carbonyl (C=O) groups is 1. The SMILES string of the molecule is O=C(NCCOCCO)[C@H]1[C@@H]2CNC[C@@H](C2)c2cccc(=O)n21. The first kappa shape index (κ1) is 16.2. The summed E-state index contributed by atoms with van der Waals surface area (Å²) >= 11 is 0. The van der Waals surface area contributed by atoms with Crippen LogP contribution >= 0.6 is 0 Å². The molecule has 1 amide bonds. The van der Waals surface area contributed by atoms with Gasteiger partial charge in [-0.2, -0.15) is 0 Å². The average molecular weight is 321 g/mol. The van der Waals surface area contributed by atoms with E-state index in [1.165, 1.54) is 6.07 Å². The molecule has 2 aliphatic rings. The Labute approximate surface area is 134 Å². The van der Waals surface area contributed by atoms with Gasteiger partial charge in [0, 0.05) is 43.2 Å². The van der Waals surface area contributed by atoms with E-state index in [9.17, 15) is 9.59 Å². The smallest absolute Gasteiger partial charge is 0.251 e. The lowest BCUT2D eigenvalue weighted by molar-refractivity contribution is -0.127. The fourth-order valence-corrected chi connectivity index (χ4v) is 3.65. The minimum absolute atomic E-state index is 0.0333. The molecule has 3 heterocycles. The zero-order valence-electron chi connectivity index (χ0n) is 13.0. The average Bonchev–Trinajstić information content (AvgIpc) is 2.56. The molecule has 23 heavy (non-hydrogen) atoms. The Hall–Kier alpha value is -1.70. The van der Waals surface area contributed by atoms with E-state index in [0.29, 0.717) is 19.1 Å². The Balaban J connectivity index is 1.77. The molecule has 126 valence electrons. The number of pyridine rings is 1. The van der Waals surface area contributed by atoms with Gasteiger partial charge >= 0.3 is 0 Å². The zero-order valence-corrected chi connectivity index (χ0v) is 13.0. The van der Waals surface area contributed by atoms with Gasteiger partial charge in [-0.1, -0.05) is 6.07 Å². The molecule has 0 saturated carbocycles. The van der Waals surface area contributed by atoms with Crippen LogP contribution < -0.4 is 16.2 Å². The fraction of sp³-hybridized carbons (Fsp3) is 0.625. The molecule has 1 aromatic rings. The summed E-state index contributed by atoms with van der Waals surface area (Å²) in [7, 11) is 0. The Morgan fingerprint density at radius 1 is 1.39 bits per heavy atom. The molecular formula is C16H23N3O4. The lowest BCUT2D eigenvalue weighted by Crippen LogP contribution is -2.52. The van der Waals surface area contributed by atoms with Gasteiger partial charge in [0.1, 0.15) is 6.04 Å². The van der Waals surface area contributed by atoms with Crippen LogP contribution in [0.5, 0.6) is 0 Å². The summed E-state index contributed by atoms with van der Waals surface area (Å²) in [6.45, 7) is 2.54. The second-order valence-corrected chi connectivity index (χ2v) is 6.08. The second kappa shape index (κ2) is 7.25. The van der Waals surface area contributed by atoms with Gasteiger partial charge in [-0.05, 0) is 12.5 Å². The molecule has 3 rings (SSSR count). The lowest BCUT2D eigenvalue weighted by atomic mass is 9.79. The Bertz CT molecular complexity index is 616. The van der Waals surface area contributed by atoms with Crippen LogP contribution in [0.1, 0.15) is 24.1 Å². The number of ether oxygens (including phenoxy) is 1. The summed E-state index contributed by atoms with van der Waals surface area (Å²) in [4.78, 5) is 25.0. The summed E-state index contributed by atoms with van der Waals surface area (Å²) in [6, 6.07) is 4.75. The molecule has 7 heteroatoms. The van der Waals surface area contributed by atoms with Gasteiger partial charge in [-0.3, -0.25) is 14.2 Å². The number of aromatic nitrogens is 1. The summed E-state index contributed by atoms with van der Waals surface area (Å²) in [5.74, 6) is 0.276. The predicted molar refractivity (Wildman–Crippen MR) is 84.4 cm³/mol. The standard InChI is InChI=1S/C16H23N3O4/c20-5-7-23-6-4-18-16(22)15-12-8-11(9-17-10-12)13-2-1-3-14(21)19(13)15/h1-3,11-12,15,17,20H,4-10H2,(H,18,22)/t11-,12+,15-/m1/s1. The molecule has 3 N–H and O–H groups in total. The maximum absolute atomic E-state index is 12.6. The Morgan fingerprint density at radius 2 is 2.26 bits per heavy atom. The molecular weight excluding hydrogens is 298 g/mol. The molecule has 1 fully saturated rings. The number of nitrogens with zero attached hydrogens (tertiary/aromatic N) is 1. The molecule has 1 aromatic heterocycles. The van der Waals surface area contributed by atoms with Crippen LogP contribution in [-0.4, -0.2) is 55.0 Å². The van der Waals surface area contributed by atoms with Crippen molar-refractivity contribution in [2.24, 2.45) is 5.92 Å². The van der Waals surface area contributed by atoms with Crippen molar-refractivity contribution in [1.29, 1.82) is 0 Å². The van der Waals surface area contributed by atoms with Crippen molar-refractivity contribution in [2.45, 2.75) is 18.4 Å². The van der Waals surface area contributed by atoms with Gasteiger partial charge in [0.2, 0.25) is 5.91 Å². The third-order valence-corrected chi connectivity index (χ3v) is 4.60. The van der Waals surface area contributed by atoms with Gasteiger partial charge in [-0.25, -0.2) is 0 Å². The van der Waals surface area contributed by atoms with Crippen LogP contribution in [0, 0.1) is 5.92 Å². The zero-order chi connectivity index (χ0) is 16.2. The van der Waals surface area contributed by atoms with Crippen molar-refractivity contribution in [3.8, 4) is 0 Å². The number of aliphatic hydroxyl groups excluding tert-OH is 1. The Morgan fingerprint density at radius 3 is 3.09 bits per heavy atom. The van der Waals surface area contributed by atoms with E-state index in [4.69, 9.17) is 9.84 Å². The number of piperidine rings is 1. The minimum atomic E-state index is -0.472. The van der Waals surface area contributed by atoms with E-state index >= 15 is 0 Å². The second-order valence-electron chi connectivity index (χ2n) is 6.08. The number of aliphatic hydroxyl groups is 1. The number of fused-ring (bicyclic) bond motifs is 4. The van der Waals surface area contributed by atoms with Crippen LogP contribution in [0.4, 0.5) is 0 Å². The Kier molecular flexibility index (Phi) is 5.09. The first-order valence-electron chi connectivity index (χ1n) is 8.11. The highest BCUT2D eigenvalue weighted by Gasteiger charge is 2.41. The van der Waals surface area contributed by atoms with E-state index in [1.807, 2.05) is 6.07 Å². The van der Waals surface area contributed by atoms with Gasteiger partial charge in [0.15, 0.2) is 0 Å². The molecule has 2 aliphatic heterocycles. The van der Waals surface area contributed by atoms with Gasteiger partial charge < -0.3 is 20.5 Å². The third-order valence-electron chi connectivity index (χ3n) is 4.60. The molecule has 0 aliphatic carbocycles. The highest BCUT2D eigenvalue weighted by Crippen LogP contribution is 2.38. The highest BCUT2D eigenvalue weighted by atomic mass is 16.5. The van der Waals surface area contributed by atoms with Crippen molar-refractivity contribution in [2.75, 3.05) is 39.5 Å². The largest absolute Gasteiger partial charge is 0.394 e. The number of hydrogen-bond acceptors (Lipinski definition) is 5. The number of rotatable bonds is 6. The monoisotopic (exact) mass is 321 g/mol. The first-order valence-corrected chi connectivity index (χ1v) is 8.11. The summed E-state index contributed by atoms with van der Waals surface area (Å²) in [6.07, 6.45) is 0.926. The molecule has 2 bridgehead atoms. The van der Waals surface area contributed by atoms with Crippen LogP contribution in [-0.2, 0) is 9.53 Å². The predicted octanol–water partition coefficient (Wildman–Crippen LogP) is -0.779. The van der Waals surface area contributed by atoms with Gasteiger partial charge in [0.05, 0.1) is 19.8 Å². The molecule has 7 nitrogen and oxygen atoms in total. The minimum Gasteiger partial charge on any atom is -0.394 e. The van der Waals surface area contributed by atoms with E-state index in [0.717, 1.165) is 25.2 Å².